The second-order valence-corrected chi connectivity index (χ2v) is 5.27. The van der Waals surface area contributed by atoms with Gasteiger partial charge in [-0.15, -0.1) is 11.3 Å². The first-order valence-corrected chi connectivity index (χ1v) is 6.51. The van der Waals surface area contributed by atoms with Crippen LogP contribution in [0.2, 0.25) is 0 Å². The Morgan fingerprint density at radius 3 is 2.65 bits per heavy atom. The van der Waals surface area contributed by atoms with Crippen molar-refractivity contribution >= 4 is 11.3 Å². The number of aryl methyl sites for hydroxylation is 1. The molecule has 0 spiro atoms. The van der Waals surface area contributed by atoms with Crippen molar-refractivity contribution in [2.24, 2.45) is 0 Å². The van der Waals surface area contributed by atoms with Crippen molar-refractivity contribution in [3.8, 4) is 17.1 Å². The predicted octanol–water partition coefficient (Wildman–Crippen LogP) is 1.58. The Balaban J connectivity index is 2.24. The molecule has 17 heavy (non-hydrogen) atoms. The minimum absolute atomic E-state index is 0.0556. The zero-order valence-corrected chi connectivity index (χ0v) is 10.3. The number of hydrogen-bond donors (Lipinski definition) is 1. The molecule has 3 heterocycles. The van der Waals surface area contributed by atoms with E-state index < -0.39 is 0 Å². The fourth-order valence-electron chi connectivity index (χ4n) is 2.25. The lowest BCUT2D eigenvalue weighted by molar-refractivity contribution is 0.305. The Labute approximate surface area is 102 Å². The molecule has 1 aliphatic heterocycles. The summed E-state index contributed by atoms with van der Waals surface area (Å²) in [5.41, 5.74) is 0.799. The lowest BCUT2D eigenvalue weighted by atomic mass is 10.2. The van der Waals surface area contributed by atoms with Crippen LogP contribution in [0, 0.1) is 6.92 Å². The molecule has 0 unspecified atom stereocenters. The first-order chi connectivity index (χ1) is 8.18. The summed E-state index contributed by atoms with van der Waals surface area (Å²) >= 11 is 1.48. The molecule has 5 nitrogen and oxygen atoms in total. The maximum Gasteiger partial charge on any atom is 0.280 e. The summed E-state index contributed by atoms with van der Waals surface area (Å²) < 4.78 is 3.28. The second-order valence-electron chi connectivity index (χ2n) is 4.21. The fourth-order valence-corrected chi connectivity index (χ4v) is 2.86. The molecule has 1 aliphatic rings. The fraction of sp³-hybridized carbons (Fsp3) is 0.455. The van der Waals surface area contributed by atoms with Crippen molar-refractivity contribution in [2.45, 2.75) is 32.9 Å². The molecule has 6 heteroatoms. The zero-order chi connectivity index (χ0) is 12.0. The van der Waals surface area contributed by atoms with E-state index in [1.165, 1.54) is 11.3 Å². The summed E-state index contributed by atoms with van der Waals surface area (Å²) in [4.78, 5) is 16.5. The average Bonchev–Trinajstić information content (AvgIpc) is 2.84. The molecule has 90 valence electrons. The number of nitrogens with zero attached hydrogens (tertiary/aromatic N) is 3. The van der Waals surface area contributed by atoms with E-state index in [2.05, 4.69) is 4.98 Å². The summed E-state index contributed by atoms with van der Waals surface area (Å²) in [7, 11) is 0. The van der Waals surface area contributed by atoms with Crippen LogP contribution in [0.3, 0.4) is 0 Å². The van der Waals surface area contributed by atoms with Crippen molar-refractivity contribution in [3.05, 3.63) is 20.7 Å². The van der Waals surface area contributed by atoms with Crippen LogP contribution in [-0.2, 0) is 13.1 Å². The Bertz CT molecular complexity index is 623. The molecular formula is C11H13N3O2S. The van der Waals surface area contributed by atoms with E-state index in [0.29, 0.717) is 24.3 Å². The molecule has 0 radical (unpaired) electrons. The van der Waals surface area contributed by atoms with E-state index in [1.807, 2.05) is 12.3 Å². The summed E-state index contributed by atoms with van der Waals surface area (Å²) in [6.45, 7) is 3.26. The highest BCUT2D eigenvalue weighted by Crippen LogP contribution is 2.29. The van der Waals surface area contributed by atoms with Gasteiger partial charge in [0, 0.05) is 18.5 Å². The second kappa shape index (κ2) is 3.73. The van der Waals surface area contributed by atoms with Crippen LogP contribution >= 0.6 is 11.3 Å². The van der Waals surface area contributed by atoms with Crippen LogP contribution < -0.4 is 5.56 Å². The Hall–Kier alpha value is -1.56. The molecule has 0 aromatic carbocycles. The van der Waals surface area contributed by atoms with Gasteiger partial charge in [-0.3, -0.25) is 9.48 Å². The maximum atomic E-state index is 12.2. The Kier molecular flexibility index (Phi) is 2.32. The highest BCUT2D eigenvalue weighted by molar-refractivity contribution is 7.09. The van der Waals surface area contributed by atoms with Gasteiger partial charge >= 0.3 is 0 Å². The molecular weight excluding hydrogens is 238 g/mol. The van der Waals surface area contributed by atoms with Crippen LogP contribution in [0.1, 0.15) is 17.8 Å². The third-order valence-electron chi connectivity index (χ3n) is 3.07. The molecule has 0 atom stereocenters. The van der Waals surface area contributed by atoms with Gasteiger partial charge in [0.1, 0.15) is 5.56 Å². The molecule has 2 aromatic heterocycles. The van der Waals surface area contributed by atoms with E-state index in [9.17, 15) is 9.90 Å². The average molecular weight is 251 g/mol. The van der Waals surface area contributed by atoms with Crippen LogP contribution in [0.15, 0.2) is 10.2 Å². The standard InChI is InChI=1S/C11H13N3O2S/c1-7-12-8(6-17-7)9-10(15)13-4-2-3-5-14(13)11(9)16/h6,15H,2-5H2,1H3. The Morgan fingerprint density at radius 1 is 1.35 bits per heavy atom. The highest BCUT2D eigenvalue weighted by atomic mass is 32.1. The molecule has 3 rings (SSSR count). The quantitative estimate of drug-likeness (QED) is 0.837. The van der Waals surface area contributed by atoms with E-state index in [0.717, 1.165) is 17.8 Å². The number of thiazole rings is 1. The third-order valence-corrected chi connectivity index (χ3v) is 3.85. The van der Waals surface area contributed by atoms with E-state index >= 15 is 0 Å². The molecule has 0 amide bonds. The minimum Gasteiger partial charge on any atom is -0.493 e. The van der Waals surface area contributed by atoms with Gasteiger partial charge in [-0.2, -0.15) is 0 Å². The normalized spacial score (nSPS) is 14.9. The van der Waals surface area contributed by atoms with E-state index in [1.54, 1.807) is 9.36 Å². The van der Waals surface area contributed by atoms with Crippen molar-refractivity contribution in [2.75, 3.05) is 0 Å². The van der Waals surface area contributed by atoms with Crippen molar-refractivity contribution in [3.63, 3.8) is 0 Å². The molecule has 0 aliphatic carbocycles. The number of aromatic nitrogens is 3. The van der Waals surface area contributed by atoms with Gasteiger partial charge in [0.2, 0.25) is 5.88 Å². The molecule has 0 fully saturated rings. The molecule has 0 bridgehead atoms. The monoisotopic (exact) mass is 251 g/mol. The number of aromatic hydroxyl groups is 1. The molecule has 1 N–H and O–H groups in total. The molecule has 2 aromatic rings. The summed E-state index contributed by atoms with van der Waals surface area (Å²) in [5, 5.41) is 12.8. The topological polar surface area (TPSA) is 60.1 Å². The Morgan fingerprint density at radius 2 is 2.06 bits per heavy atom. The zero-order valence-electron chi connectivity index (χ0n) is 9.51. The number of hydrogen-bond acceptors (Lipinski definition) is 4. The minimum atomic E-state index is -0.132. The predicted molar refractivity (Wildman–Crippen MR) is 65.4 cm³/mol. The van der Waals surface area contributed by atoms with Crippen LogP contribution in [0.4, 0.5) is 0 Å². The van der Waals surface area contributed by atoms with Gasteiger partial charge in [0.05, 0.1) is 10.7 Å². The smallest absolute Gasteiger partial charge is 0.280 e. The first-order valence-electron chi connectivity index (χ1n) is 5.63. The summed E-state index contributed by atoms with van der Waals surface area (Å²) in [6, 6.07) is 0. The molecule has 0 saturated carbocycles. The van der Waals surface area contributed by atoms with E-state index in [-0.39, 0.29) is 11.4 Å². The number of fused-ring (bicyclic) bond motifs is 1. The maximum absolute atomic E-state index is 12.2. The number of rotatable bonds is 1. The largest absolute Gasteiger partial charge is 0.493 e. The van der Waals surface area contributed by atoms with Crippen LogP contribution in [0.5, 0.6) is 5.88 Å². The van der Waals surface area contributed by atoms with Gasteiger partial charge in [0.15, 0.2) is 0 Å². The lowest BCUT2D eigenvalue weighted by Crippen LogP contribution is -2.27. The third kappa shape index (κ3) is 1.51. The van der Waals surface area contributed by atoms with Crippen LogP contribution in [0.25, 0.3) is 11.3 Å². The highest BCUT2D eigenvalue weighted by Gasteiger charge is 2.23. The lowest BCUT2D eigenvalue weighted by Gasteiger charge is -2.16. The summed E-state index contributed by atoms with van der Waals surface area (Å²) in [5.74, 6) is 0.0556. The van der Waals surface area contributed by atoms with Gasteiger partial charge < -0.3 is 5.11 Å². The van der Waals surface area contributed by atoms with Crippen molar-refractivity contribution in [1.29, 1.82) is 0 Å². The van der Waals surface area contributed by atoms with Gasteiger partial charge in [-0.1, -0.05) is 0 Å². The van der Waals surface area contributed by atoms with Gasteiger partial charge in [-0.25, -0.2) is 9.67 Å². The van der Waals surface area contributed by atoms with Gasteiger partial charge in [0.25, 0.3) is 5.56 Å². The molecule has 0 saturated heterocycles. The van der Waals surface area contributed by atoms with E-state index in [4.69, 9.17) is 0 Å². The summed E-state index contributed by atoms with van der Waals surface area (Å²) in [6.07, 6.45) is 1.98. The SMILES string of the molecule is Cc1nc(-c2c(O)n3n(c2=O)CCCC3)cs1. The van der Waals surface area contributed by atoms with Crippen molar-refractivity contribution < 1.29 is 5.11 Å². The van der Waals surface area contributed by atoms with Crippen LogP contribution in [-0.4, -0.2) is 19.5 Å². The van der Waals surface area contributed by atoms with Crippen molar-refractivity contribution in [1.82, 2.24) is 14.3 Å². The van der Waals surface area contributed by atoms with Gasteiger partial charge in [-0.05, 0) is 19.8 Å². The first kappa shape index (κ1) is 10.6.